The van der Waals surface area contributed by atoms with Crippen LogP contribution in [0.4, 0.5) is 5.82 Å². The molecule has 0 bridgehead atoms. The molecule has 1 N–H and O–H groups in total. The molecule has 0 unspecified atom stereocenters. The second-order valence-corrected chi connectivity index (χ2v) is 4.35. The zero-order valence-corrected chi connectivity index (χ0v) is 11.1. The maximum Gasteiger partial charge on any atom is 0.144 e. The molecule has 1 aromatic heterocycles. The minimum Gasteiger partial charge on any atom is -0.369 e. The summed E-state index contributed by atoms with van der Waals surface area (Å²) < 4.78 is 0. The van der Waals surface area contributed by atoms with E-state index in [0.29, 0.717) is 11.4 Å². The van der Waals surface area contributed by atoms with E-state index in [-0.39, 0.29) is 0 Å². The number of hydrogen-bond donors (Lipinski definition) is 1. The lowest BCUT2D eigenvalue weighted by atomic mass is 10.1. The molecule has 0 aliphatic rings. The molecular weight excluding hydrogens is 234 g/mol. The number of nitriles is 1. The lowest BCUT2D eigenvalue weighted by molar-refractivity contribution is 0.831. The van der Waals surface area contributed by atoms with Gasteiger partial charge in [-0.25, -0.2) is 4.98 Å². The Bertz CT molecular complexity index is 570. The number of nitrogens with one attached hydrogen (secondary N) is 1. The third-order valence-electron chi connectivity index (χ3n) is 2.91. The van der Waals surface area contributed by atoms with Gasteiger partial charge in [0.05, 0.1) is 11.3 Å². The van der Waals surface area contributed by atoms with Crippen molar-refractivity contribution in [1.29, 1.82) is 5.26 Å². The molecule has 2 aromatic rings. The van der Waals surface area contributed by atoms with Crippen LogP contribution in [0.25, 0.3) is 11.3 Å². The minimum atomic E-state index is 0.593. The molecule has 0 saturated carbocycles. The highest BCUT2D eigenvalue weighted by Crippen LogP contribution is 2.21. The third-order valence-corrected chi connectivity index (χ3v) is 2.91. The van der Waals surface area contributed by atoms with Crippen LogP contribution < -0.4 is 5.32 Å². The van der Waals surface area contributed by atoms with E-state index >= 15 is 0 Å². The second-order valence-electron chi connectivity index (χ2n) is 4.35. The van der Waals surface area contributed by atoms with Gasteiger partial charge < -0.3 is 5.32 Å². The molecule has 1 heterocycles. The molecule has 0 amide bonds. The van der Waals surface area contributed by atoms with Gasteiger partial charge in [0.15, 0.2) is 0 Å². The highest BCUT2D eigenvalue weighted by molar-refractivity contribution is 5.64. The van der Waals surface area contributed by atoms with Gasteiger partial charge in [-0.2, -0.15) is 5.26 Å². The Labute approximate surface area is 113 Å². The number of nitrogens with zero attached hydrogens (tertiary/aromatic N) is 2. The number of anilines is 1. The van der Waals surface area contributed by atoms with Crippen molar-refractivity contribution in [2.75, 3.05) is 11.9 Å². The topological polar surface area (TPSA) is 48.7 Å². The first-order valence-corrected chi connectivity index (χ1v) is 6.55. The summed E-state index contributed by atoms with van der Waals surface area (Å²) in [5, 5.41) is 12.3. The van der Waals surface area contributed by atoms with Gasteiger partial charge in [-0.15, -0.1) is 0 Å². The first-order chi connectivity index (χ1) is 9.35. The van der Waals surface area contributed by atoms with E-state index in [4.69, 9.17) is 5.26 Å². The Hall–Kier alpha value is -2.34. The van der Waals surface area contributed by atoms with Crippen molar-refractivity contribution in [2.45, 2.75) is 19.8 Å². The van der Waals surface area contributed by atoms with Crippen LogP contribution in [0.5, 0.6) is 0 Å². The highest BCUT2D eigenvalue weighted by Gasteiger charge is 2.06. The predicted octanol–water partition coefficient (Wildman–Crippen LogP) is 3.83. The number of benzene rings is 1. The van der Waals surface area contributed by atoms with Gasteiger partial charge in [-0.1, -0.05) is 43.7 Å². The molecule has 3 nitrogen and oxygen atoms in total. The van der Waals surface area contributed by atoms with E-state index in [0.717, 1.165) is 30.6 Å². The Kier molecular flexibility index (Phi) is 4.52. The summed E-state index contributed by atoms with van der Waals surface area (Å²) in [6.07, 6.45) is 2.19. The van der Waals surface area contributed by atoms with Gasteiger partial charge in [-0.3, -0.25) is 0 Å². The van der Waals surface area contributed by atoms with Crippen molar-refractivity contribution in [3.05, 3.63) is 48.0 Å². The molecule has 0 radical (unpaired) electrons. The summed E-state index contributed by atoms with van der Waals surface area (Å²) in [5.41, 5.74) is 2.54. The van der Waals surface area contributed by atoms with Gasteiger partial charge in [0, 0.05) is 12.1 Å². The summed E-state index contributed by atoms with van der Waals surface area (Å²) >= 11 is 0. The molecule has 0 saturated heterocycles. The van der Waals surface area contributed by atoms with Gasteiger partial charge in [0.25, 0.3) is 0 Å². The minimum absolute atomic E-state index is 0.593. The quantitative estimate of drug-likeness (QED) is 0.821. The summed E-state index contributed by atoms with van der Waals surface area (Å²) in [6.45, 7) is 2.98. The first kappa shape index (κ1) is 13.1. The Balaban J connectivity index is 2.28. The Morgan fingerprint density at radius 2 is 1.95 bits per heavy atom. The van der Waals surface area contributed by atoms with E-state index < -0.39 is 0 Å². The van der Waals surface area contributed by atoms with E-state index in [1.165, 1.54) is 0 Å². The summed E-state index contributed by atoms with van der Waals surface area (Å²) in [7, 11) is 0. The van der Waals surface area contributed by atoms with Gasteiger partial charge in [0.2, 0.25) is 0 Å². The average Bonchev–Trinajstić information content (AvgIpc) is 2.48. The Morgan fingerprint density at radius 1 is 1.16 bits per heavy atom. The van der Waals surface area contributed by atoms with E-state index in [1.807, 2.05) is 42.5 Å². The van der Waals surface area contributed by atoms with Crippen molar-refractivity contribution >= 4 is 5.82 Å². The van der Waals surface area contributed by atoms with Crippen LogP contribution in [0.15, 0.2) is 42.5 Å². The average molecular weight is 251 g/mol. The van der Waals surface area contributed by atoms with E-state index in [9.17, 15) is 0 Å². The fourth-order valence-electron chi connectivity index (χ4n) is 1.84. The standard InChI is InChI=1S/C16H17N3/c1-2-3-11-18-16-14(12-17)9-10-15(19-16)13-7-5-4-6-8-13/h4-10H,2-3,11H2,1H3,(H,18,19). The number of unbranched alkanes of at least 4 members (excludes halogenated alkanes) is 1. The van der Waals surface area contributed by atoms with Crippen LogP contribution in [0.3, 0.4) is 0 Å². The van der Waals surface area contributed by atoms with Crippen molar-refractivity contribution in [2.24, 2.45) is 0 Å². The van der Waals surface area contributed by atoms with Crippen molar-refractivity contribution in [3.63, 3.8) is 0 Å². The highest BCUT2D eigenvalue weighted by atomic mass is 15.0. The molecule has 2 rings (SSSR count). The maximum atomic E-state index is 9.11. The molecule has 0 fully saturated rings. The molecule has 0 atom stereocenters. The summed E-state index contributed by atoms with van der Waals surface area (Å²) in [4.78, 5) is 4.55. The lowest BCUT2D eigenvalue weighted by Crippen LogP contribution is -2.05. The molecule has 1 aromatic carbocycles. The molecule has 0 spiro atoms. The largest absolute Gasteiger partial charge is 0.369 e. The van der Waals surface area contributed by atoms with Gasteiger partial charge in [-0.05, 0) is 18.6 Å². The summed E-state index contributed by atoms with van der Waals surface area (Å²) in [6, 6.07) is 15.9. The maximum absolute atomic E-state index is 9.11. The van der Waals surface area contributed by atoms with E-state index in [1.54, 1.807) is 0 Å². The molecule has 19 heavy (non-hydrogen) atoms. The number of pyridine rings is 1. The Morgan fingerprint density at radius 3 is 2.63 bits per heavy atom. The fourth-order valence-corrected chi connectivity index (χ4v) is 1.84. The van der Waals surface area contributed by atoms with Crippen LogP contribution in [-0.4, -0.2) is 11.5 Å². The normalized spacial score (nSPS) is 9.89. The first-order valence-electron chi connectivity index (χ1n) is 6.55. The lowest BCUT2D eigenvalue weighted by Gasteiger charge is -2.09. The molecule has 0 aliphatic heterocycles. The second kappa shape index (κ2) is 6.55. The fraction of sp³-hybridized carbons (Fsp3) is 0.250. The van der Waals surface area contributed by atoms with Crippen molar-refractivity contribution in [1.82, 2.24) is 4.98 Å². The van der Waals surface area contributed by atoms with Crippen LogP contribution in [0.1, 0.15) is 25.3 Å². The predicted molar refractivity (Wildman–Crippen MR) is 77.8 cm³/mol. The number of aromatic nitrogens is 1. The van der Waals surface area contributed by atoms with Crippen LogP contribution in [0, 0.1) is 11.3 Å². The van der Waals surface area contributed by atoms with Crippen LogP contribution in [-0.2, 0) is 0 Å². The zero-order chi connectivity index (χ0) is 13.5. The third kappa shape index (κ3) is 3.32. The molecule has 3 heteroatoms. The van der Waals surface area contributed by atoms with Crippen molar-refractivity contribution < 1.29 is 0 Å². The number of hydrogen-bond acceptors (Lipinski definition) is 3. The zero-order valence-electron chi connectivity index (χ0n) is 11.1. The molecular formula is C16H17N3. The SMILES string of the molecule is CCCCNc1nc(-c2ccccc2)ccc1C#N. The van der Waals surface area contributed by atoms with E-state index in [2.05, 4.69) is 23.3 Å². The van der Waals surface area contributed by atoms with Crippen LogP contribution in [0.2, 0.25) is 0 Å². The van der Waals surface area contributed by atoms with Crippen LogP contribution >= 0.6 is 0 Å². The van der Waals surface area contributed by atoms with Gasteiger partial charge in [0.1, 0.15) is 11.9 Å². The van der Waals surface area contributed by atoms with Gasteiger partial charge >= 0.3 is 0 Å². The smallest absolute Gasteiger partial charge is 0.144 e. The van der Waals surface area contributed by atoms with Crippen molar-refractivity contribution in [3.8, 4) is 17.3 Å². The monoisotopic (exact) mass is 251 g/mol. The molecule has 96 valence electrons. The number of rotatable bonds is 5. The summed E-state index contributed by atoms with van der Waals surface area (Å²) in [5.74, 6) is 0.678. The molecule has 0 aliphatic carbocycles.